The van der Waals surface area contributed by atoms with Crippen molar-refractivity contribution in [1.29, 1.82) is 0 Å². The summed E-state index contributed by atoms with van der Waals surface area (Å²) in [7, 11) is 0. The number of morpholine rings is 1. The van der Waals surface area contributed by atoms with Crippen molar-refractivity contribution in [3.63, 3.8) is 0 Å². The number of aromatic amines is 1. The van der Waals surface area contributed by atoms with Gasteiger partial charge in [0.05, 0.1) is 6.61 Å². The predicted molar refractivity (Wildman–Crippen MR) is 82.5 cm³/mol. The van der Waals surface area contributed by atoms with E-state index in [1.54, 1.807) is 0 Å². The van der Waals surface area contributed by atoms with Crippen molar-refractivity contribution >= 4 is 0 Å². The van der Waals surface area contributed by atoms with Crippen LogP contribution in [-0.4, -0.2) is 53.0 Å². The lowest BCUT2D eigenvalue weighted by Gasteiger charge is -2.32. The fraction of sp³-hybridized carbons (Fsp3) is 0.500. The number of aromatic nitrogens is 3. The maximum Gasteiger partial charge on any atom is 0.180 e. The van der Waals surface area contributed by atoms with E-state index in [0.717, 1.165) is 48.3 Å². The van der Waals surface area contributed by atoms with E-state index in [0.29, 0.717) is 19.8 Å². The number of rotatable bonds is 3. The molecule has 3 heterocycles. The van der Waals surface area contributed by atoms with E-state index >= 15 is 0 Å². The number of hydrogen-bond acceptors (Lipinski definition) is 6. The molecule has 122 valence electrons. The van der Waals surface area contributed by atoms with Crippen molar-refractivity contribution in [3.05, 3.63) is 35.4 Å². The zero-order valence-corrected chi connectivity index (χ0v) is 13.1. The van der Waals surface area contributed by atoms with Gasteiger partial charge in [0.25, 0.3) is 0 Å². The topological polar surface area (TPSA) is 72.5 Å². The number of fused-ring (bicyclic) bond motifs is 1. The monoisotopic (exact) mass is 316 g/mol. The number of para-hydroxylation sites is 1. The van der Waals surface area contributed by atoms with Crippen molar-refractivity contribution < 1.29 is 14.2 Å². The van der Waals surface area contributed by atoms with Gasteiger partial charge < -0.3 is 14.2 Å². The maximum atomic E-state index is 5.82. The van der Waals surface area contributed by atoms with Crippen LogP contribution in [0.15, 0.2) is 18.2 Å². The molecule has 1 saturated heterocycles. The normalized spacial score (nSPS) is 21.3. The van der Waals surface area contributed by atoms with Crippen molar-refractivity contribution in [1.82, 2.24) is 20.1 Å². The Labute approximate surface area is 134 Å². The van der Waals surface area contributed by atoms with E-state index < -0.39 is 0 Å². The molecule has 1 fully saturated rings. The van der Waals surface area contributed by atoms with Gasteiger partial charge >= 0.3 is 0 Å². The van der Waals surface area contributed by atoms with Gasteiger partial charge in [0.1, 0.15) is 25.1 Å². The summed E-state index contributed by atoms with van der Waals surface area (Å²) in [5, 5.41) is 7.09. The molecule has 1 aromatic heterocycles. The number of nitrogens with one attached hydrogen (secondary N) is 1. The molecule has 2 aromatic rings. The molecule has 4 rings (SSSR count). The van der Waals surface area contributed by atoms with E-state index in [-0.39, 0.29) is 6.10 Å². The van der Waals surface area contributed by atoms with Gasteiger partial charge in [0.2, 0.25) is 0 Å². The zero-order valence-electron chi connectivity index (χ0n) is 13.1. The Kier molecular flexibility index (Phi) is 3.88. The minimum absolute atomic E-state index is 0.0922. The average Bonchev–Trinajstić information content (AvgIpc) is 3.02. The largest absolute Gasteiger partial charge is 0.486 e. The minimum atomic E-state index is -0.0922. The van der Waals surface area contributed by atoms with Crippen LogP contribution in [0.25, 0.3) is 0 Å². The summed E-state index contributed by atoms with van der Waals surface area (Å²) < 4.78 is 17.3. The van der Waals surface area contributed by atoms with Gasteiger partial charge in [0.15, 0.2) is 17.3 Å². The maximum absolute atomic E-state index is 5.82. The Morgan fingerprint density at radius 2 is 2.17 bits per heavy atom. The number of benzene rings is 1. The summed E-state index contributed by atoms with van der Waals surface area (Å²) in [4.78, 5) is 6.72. The number of aryl methyl sites for hydroxylation is 1. The molecule has 1 atom stereocenters. The van der Waals surface area contributed by atoms with Crippen LogP contribution in [-0.2, 0) is 11.3 Å². The second kappa shape index (κ2) is 6.17. The van der Waals surface area contributed by atoms with Crippen LogP contribution in [0.2, 0.25) is 0 Å². The second-order valence-corrected chi connectivity index (χ2v) is 5.81. The minimum Gasteiger partial charge on any atom is -0.486 e. The van der Waals surface area contributed by atoms with Crippen LogP contribution >= 0.6 is 0 Å². The highest BCUT2D eigenvalue weighted by molar-refractivity contribution is 5.47. The molecule has 7 heteroatoms. The third-order valence-corrected chi connectivity index (χ3v) is 4.09. The average molecular weight is 316 g/mol. The summed E-state index contributed by atoms with van der Waals surface area (Å²) in [5.41, 5.74) is 1.15. The molecule has 0 bridgehead atoms. The van der Waals surface area contributed by atoms with Gasteiger partial charge in [-0.2, -0.15) is 5.10 Å². The van der Waals surface area contributed by atoms with Crippen LogP contribution in [0.3, 0.4) is 0 Å². The van der Waals surface area contributed by atoms with Gasteiger partial charge in [-0.15, -0.1) is 0 Å². The standard InChI is InChI=1S/C16H20N4O3/c1-11-17-16(19-18-11)14-10-20(5-6-21-14)9-12-3-2-4-13-15(12)23-8-7-22-13/h2-4,14H,5-10H2,1H3,(H,17,18,19)/t14-/m1/s1. The van der Waals surface area contributed by atoms with Gasteiger partial charge in [-0.1, -0.05) is 12.1 Å². The zero-order chi connectivity index (χ0) is 15.6. The van der Waals surface area contributed by atoms with E-state index in [1.165, 1.54) is 0 Å². The highest BCUT2D eigenvalue weighted by Crippen LogP contribution is 2.34. The summed E-state index contributed by atoms with van der Waals surface area (Å²) in [6, 6.07) is 6.06. The lowest BCUT2D eigenvalue weighted by molar-refractivity contribution is -0.0373. The van der Waals surface area contributed by atoms with Crippen molar-refractivity contribution in [2.24, 2.45) is 0 Å². The first-order valence-corrected chi connectivity index (χ1v) is 7.90. The fourth-order valence-electron chi connectivity index (χ4n) is 3.01. The molecule has 1 N–H and O–H groups in total. The van der Waals surface area contributed by atoms with E-state index in [2.05, 4.69) is 26.1 Å². The summed E-state index contributed by atoms with van der Waals surface area (Å²) >= 11 is 0. The lowest BCUT2D eigenvalue weighted by Crippen LogP contribution is -2.38. The van der Waals surface area contributed by atoms with Crippen molar-refractivity contribution in [2.45, 2.75) is 19.6 Å². The SMILES string of the molecule is Cc1nc([C@H]2CN(Cc3cccc4c3OCCO4)CCO2)n[nH]1. The Balaban J connectivity index is 1.48. The molecule has 0 aliphatic carbocycles. The molecule has 0 saturated carbocycles. The first kappa shape index (κ1) is 14.5. The van der Waals surface area contributed by atoms with Crippen LogP contribution in [0.4, 0.5) is 0 Å². The molecule has 2 aliphatic heterocycles. The molecular weight excluding hydrogens is 296 g/mol. The van der Waals surface area contributed by atoms with Crippen LogP contribution in [0, 0.1) is 6.92 Å². The first-order valence-electron chi connectivity index (χ1n) is 7.90. The highest BCUT2D eigenvalue weighted by atomic mass is 16.6. The van der Waals surface area contributed by atoms with Gasteiger partial charge in [-0.25, -0.2) is 4.98 Å². The van der Waals surface area contributed by atoms with Crippen molar-refractivity contribution in [3.8, 4) is 11.5 Å². The summed E-state index contributed by atoms with van der Waals surface area (Å²) in [5.74, 6) is 3.24. The Morgan fingerprint density at radius 3 is 3.04 bits per heavy atom. The Morgan fingerprint density at radius 1 is 1.26 bits per heavy atom. The Bertz CT molecular complexity index is 688. The molecule has 0 spiro atoms. The predicted octanol–water partition coefficient (Wildman–Crippen LogP) is 1.46. The third-order valence-electron chi connectivity index (χ3n) is 4.09. The van der Waals surface area contributed by atoms with E-state index in [9.17, 15) is 0 Å². The summed E-state index contributed by atoms with van der Waals surface area (Å²) in [6.45, 7) is 6.23. The lowest BCUT2D eigenvalue weighted by atomic mass is 10.1. The van der Waals surface area contributed by atoms with Gasteiger partial charge in [-0.3, -0.25) is 10.00 Å². The molecule has 2 aliphatic rings. The number of hydrogen-bond donors (Lipinski definition) is 1. The number of nitrogens with zero attached hydrogens (tertiary/aromatic N) is 3. The third kappa shape index (κ3) is 3.02. The second-order valence-electron chi connectivity index (χ2n) is 5.81. The molecule has 0 amide bonds. The molecule has 7 nitrogen and oxygen atoms in total. The van der Waals surface area contributed by atoms with E-state index in [4.69, 9.17) is 14.2 Å². The quantitative estimate of drug-likeness (QED) is 0.924. The fourth-order valence-corrected chi connectivity index (χ4v) is 3.01. The smallest absolute Gasteiger partial charge is 0.180 e. The number of H-pyrrole nitrogens is 1. The van der Waals surface area contributed by atoms with Crippen LogP contribution in [0.1, 0.15) is 23.3 Å². The number of ether oxygens (including phenoxy) is 3. The molecule has 23 heavy (non-hydrogen) atoms. The van der Waals surface area contributed by atoms with Gasteiger partial charge in [-0.05, 0) is 13.0 Å². The molecule has 0 radical (unpaired) electrons. The highest BCUT2D eigenvalue weighted by Gasteiger charge is 2.26. The first-order chi connectivity index (χ1) is 11.3. The molecular formula is C16H20N4O3. The van der Waals surface area contributed by atoms with Gasteiger partial charge in [0, 0.05) is 25.2 Å². The van der Waals surface area contributed by atoms with Crippen molar-refractivity contribution in [2.75, 3.05) is 32.9 Å². The van der Waals surface area contributed by atoms with Crippen LogP contribution in [0.5, 0.6) is 11.5 Å². The van der Waals surface area contributed by atoms with Crippen LogP contribution < -0.4 is 9.47 Å². The molecule has 0 unspecified atom stereocenters. The molecule has 1 aromatic carbocycles. The Hall–Kier alpha value is -2.12. The summed E-state index contributed by atoms with van der Waals surface area (Å²) in [6.07, 6.45) is -0.0922. The van der Waals surface area contributed by atoms with E-state index in [1.807, 2.05) is 19.1 Å².